The van der Waals surface area contributed by atoms with E-state index >= 15 is 0 Å². The van der Waals surface area contributed by atoms with E-state index in [1.807, 2.05) is 0 Å². The Morgan fingerprint density at radius 1 is 1.38 bits per heavy atom. The van der Waals surface area contributed by atoms with Gasteiger partial charge in [-0.2, -0.15) is 17.5 Å². The van der Waals surface area contributed by atoms with Crippen LogP contribution in [0.15, 0.2) is 28.7 Å². The molecule has 4 nitrogen and oxygen atoms in total. The molecule has 112 valence electrons. The molecule has 1 N–H and O–H groups in total. The number of carboxylic acid groups (broad SMARTS) is 1. The molecule has 1 atom stereocenters. The number of rotatable bonds is 4. The van der Waals surface area contributed by atoms with Crippen LogP contribution in [0.1, 0.15) is 22.3 Å². The van der Waals surface area contributed by atoms with Gasteiger partial charge < -0.3 is 5.11 Å². The zero-order chi connectivity index (χ0) is 15.6. The maximum atomic E-state index is 12.5. The van der Waals surface area contributed by atoms with Crippen molar-refractivity contribution >= 4 is 33.4 Å². The molecular formula is C12H8BrF3N2O2S. The molecule has 1 aromatic heterocycles. The fourth-order valence-electron chi connectivity index (χ4n) is 1.66. The molecule has 1 unspecified atom stereocenters. The van der Waals surface area contributed by atoms with Crippen molar-refractivity contribution < 1.29 is 23.1 Å². The molecule has 0 saturated heterocycles. The smallest absolute Gasteiger partial charge is 0.452 e. The number of carbonyl (C=O) groups is 1. The number of halogens is 4. The number of carboxylic acids is 1. The first-order valence-corrected chi connectivity index (χ1v) is 7.22. The Balaban J connectivity index is 2.30. The predicted molar refractivity (Wildman–Crippen MR) is 73.1 cm³/mol. The number of hydrogen-bond acceptors (Lipinski definition) is 4. The number of aliphatic carboxylic acids is 1. The lowest BCUT2D eigenvalue weighted by atomic mass is 10.00. The van der Waals surface area contributed by atoms with E-state index < -0.39 is 23.9 Å². The van der Waals surface area contributed by atoms with Crippen molar-refractivity contribution in [2.45, 2.75) is 18.5 Å². The summed E-state index contributed by atoms with van der Waals surface area (Å²) in [6.07, 6.45) is -4.64. The number of alkyl halides is 3. The lowest BCUT2D eigenvalue weighted by molar-refractivity contribution is -0.145. The number of hydrogen-bond donors (Lipinski definition) is 1. The second-order valence-electron chi connectivity index (χ2n) is 4.14. The Morgan fingerprint density at radius 2 is 2.05 bits per heavy atom. The van der Waals surface area contributed by atoms with Gasteiger partial charge in [-0.3, -0.25) is 4.79 Å². The SMILES string of the molecule is O=C(O)C(Cc1ccccc1Br)c1nc(C(F)(F)F)ns1. The monoisotopic (exact) mass is 380 g/mol. The van der Waals surface area contributed by atoms with E-state index in [0.29, 0.717) is 21.6 Å². The molecule has 0 aliphatic carbocycles. The van der Waals surface area contributed by atoms with Gasteiger partial charge in [0.15, 0.2) is 0 Å². The average molecular weight is 381 g/mol. The van der Waals surface area contributed by atoms with Crippen molar-refractivity contribution in [3.05, 3.63) is 45.1 Å². The highest BCUT2D eigenvalue weighted by Crippen LogP contribution is 2.31. The van der Waals surface area contributed by atoms with Gasteiger partial charge >= 0.3 is 12.1 Å². The third kappa shape index (κ3) is 3.79. The van der Waals surface area contributed by atoms with Gasteiger partial charge in [-0.1, -0.05) is 34.1 Å². The fraction of sp³-hybridized carbons (Fsp3) is 0.250. The highest BCUT2D eigenvalue weighted by Gasteiger charge is 2.37. The molecule has 1 aromatic carbocycles. The molecule has 0 radical (unpaired) electrons. The number of nitrogens with zero attached hydrogens (tertiary/aromatic N) is 2. The standard InChI is InChI=1S/C12H8BrF3N2O2S/c13-8-4-2-1-3-6(8)5-7(10(19)20)9-17-11(18-21-9)12(14,15)16/h1-4,7H,5H2,(H,19,20). The van der Waals surface area contributed by atoms with Crippen LogP contribution in [0.25, 0.3) is 0 Å². The van der Waals surface area contributed by atoms with Gasteiger partial charge in [-0.05, 0) is 29.6 Å². The van der Waals surface area contributed by atoms with E-state index in [-0.39, 0.29) is 11.4 Å². The minimum absolute atomic E-state index is 0.0310. The van der Waals surface area contributed by atoms with Crippen molar-refractivity contribution in [1.82, 2.24) is 9.36 Å². The third-order valence-corrected chi connectivity index (χ3v) is 4.27. The summed E-state index contributed by atoms with van der Waals surface area (Å²) in [5.74, 6) is -3.71. The Bertz CT molecular complexity index is 660. The second-order valence-corrected chi connectivity index (χ2v) is 5.78. The van der Waals surface area contributed by atoms with E-state index in [0.717, 1.165) is 0 Å². The van der Waals surface area contributed by atoms with Crippen molar-refractivity contribution in [1.29, 1.82) is 0 Å². The van der Waals surface area contributed by atoms with Crippen molar-refractivity contribution in [2.24, 2.45) is 0 Å². The summed E-state index contributed by atoms with van der Waals surface area (Å²) in [4.78, 5) is 14.6. The molecule has 2 rings (SSSR count). The third-order valence-electron chi connectivity index (χ3n) is 2.67. The van der Waals surface area contributed by atoms with Crippen molar-refractivity contribution in [2.75, 3.05) is 0 Å². The van der Waals surface area contributed by atoms with Crippen LogP contribution in [0.4, 0.5) is 13.2 Å². The molecule has 1 heterocycles. The van der Waals surface area contributed by atoms with Crippen LogP contribution in [-0.4, -0.2) is 20.4 Å². The molecule has 9 heteroatoms. The first-order chi connectivity index (χ1) is 9.79. The van der Waals surface area contributed by atoms with Crippen LogP contribution < -0.4 is 0 Å². The summed E-state index contributed by atoms with van der Waals surface area (Å²) in [6.45, 7) is 0. The van der Waals surface area contributed by atoms with Gasteiger partial charge in [0.25, 0.3) is 0 Å². The van der Waals surface area contributed by atoms with Crippen molar-refractivity contribution in [3.8, 4) is 0 Å². The van der Waals surface area contributed by atoms with Gasteiger partial charge in [-0.15, -0.1) is 0 Å². The lowest BCUT2D eigenvalue weighted by Gasteiger charge is -2.10. The minimum Gasteiger partial charge on any atom is -0.481 e. The van der Waals surface area contributed by atoms with Gasteiger partial charge in [0.05, 0.1) is 0 Å². The molecule has 0 amide bonds. The fourth-order valence-corrected chi connectivity index (χ4v) is 2.87. The van der Waals surface area contributed by atoms with Gasteiger partial charge in [0.2, 0.25) is 5.82 Å². The summed E-state index contributed by atoms with van der Waals surface area (Å²) in [7, 11) is 0. The van der Waals surface area contributed by atoms with Gasteiger partial charge in [0.1, 0.15) is 10.9 Å². The van der Waals surface area contributed by atoms with E-state index in [1.165, 1.54) is 0 Å². The Morgan fingerprint density at radius 3 is 2.57 bits per heavy atom. The molecule has 0 aliphatic heterocycles. The highest BCUT2D eigenvalue weighted by atomic mass is 79.9. The molecule has 21 heavy (non-hydrogen) atoms. The van der Waals surface area contributed by atoms with Crippen LogP contribution in [0.2, 0.25) is 0 Å². The largest absolute Gasteiger partial charge is 0.481 e. The predicted octanol–water partition coefficient (Wildman–Crippen LogP) is 3.73. The molecule has 0 spiro atoms. The van der Waals surface area contributed by atoms with Gasteiger partial charge in [-0.25, -0.2) is 4.98 Å². The topological polar surface area (TPSA) is 63.1 Å². The van der Waals surface area contributed by atoms with Gasteiger partial charge in [0, 0.05) is 4.47 Å². The Labute approximate surface area is 129 Å². The van der Waals surface area contributed by atoms with Crippen molar-refractivity contribution in [3.63, 3.8) is 0 Å². The number of benzene rings is 1. The average Bonchev–Trinajstić information content (AvgIpc) is 2.86. The van der Waals surface area contributed by atoms with E-state index in [9.17, 15) is 23.1 Å². The summed E-state index contributed by atoms with van der Waals surface area (Å²) in [5, 5.41) is 9.07. The Hall–Kier alpha value is -1.48. The molecule has 0 fully saturated rings. The molecule has 0 saturated carbocycles. The normalized spacial score (nSPS) is 13.1. The zero-order valence-corrected chi connectivity index (χ0v) is 12.7. The minimum atomic E-state index is -4.68. The Kier molecular flexibility index (Phi) is 4.62. The maximum Gasteiger partial charge on any atom is 0.452 e. The molecular weight excluding hydrogens is 373 g/mol. The van der Waals surface area contributed by atoms with E-state index in [4.69, 9.17) is 0 Å². The second kappa shape index (κ2) is 6.10. The highest BCUT2D eigenvalue weighted by molar-refractivity contribution is 9.10. The van der Waals surface area contributed by atoms with E-state index in [1.54, 1.807) is 24.3 Å². The lowest BCUT2D eigenvalue weighted by Crippen LogP contribution is -2.15. The summed E-state index contributed by atoms with van der Waals surface area (Å²) in [5.41, 5.74) is 0.675. The zero-order valence-electron chi connectivity index (χ0n) is 10.3. The maximum absolute atomic E-state index is 12.5. The number of aromatic nitrogens is 2. The van der Waals surface area contributed by atoms with E-state index in [2.05, 4.69) is 25.3 Å². The van der Waals surface area contributed by atoms with Crippen LogP contribution in [0.5, 0.6) is 0 Å². The molecule has 0 aliphatic rings. The van der Waals surface area contributed by atoms with Crippen LogP contribution in [-0.2, 0) is 17.4 Å². The molecule has 2 aromatic rings. The summed E-state index contributed by atoms with van der Waals surface area (Å²) < 4.78 is 41.3. The van der Waals surface area contributed by atoms with Crippen LogP contribution in [0, 0.1) is 0 Å². The van der Waals surface area contributed by atoms with Crippen LogP contribution >= 0.6 is 27.5 Å². The summed E-state index contributed by atoms with van der Waals surface area (Å²) >= 11 is 3.74. The van der Waals surface area contributed by atoms with Crippen LogP contribution in [0.3, 0.4) is 0 Å². The summed E-state index contributed by atoms with van der Waals surface area (Å²) in [6, 6.07) is 6.91. The quantitative estimate of drug-likeness (QED) is 0.877. The first-order valence-electron chi connectivity index (χ1n) is 5.66. The molecule has 0 bridgehead atoms. The first kappa shape index (κ1) is 15.9.